The Morgan fingerprint density at radius 1 is 1.06 bits per heavy atom. The first-order chi connectivity index (χ1) is 16.2. The number of halogens is 3. The fourth-order valence-corrected chi connectivity index (χ4v) is 4.86. The van der Waals surface area contributed by atoms with Gasteiger partial charge >= 0.3 is 0 Å². The molecule has 1 N–H and O–H groups in total. The summed E-state index contributed by atoms with van der Waals surface area (Å²) in [5, 5.41) is 12.5. The van der Waals surface area contributed by atoms with E-state index in [1.165, 1.54) is 19.1 Å². The van der Waals surface area contributed by atoms with Crippen molar-refractivity contribution in [2.75, 3.05) is 19.1 Å². The summed E-state index contributed by atoms with van der Waals surface area (Å²) in [5.41, 5.74) is -0.352. The second-order valence-electron chi connectivity index (χ2n) is 7.81. The lowest BCUT2D eigenvalue weighted by Crippen LogP contribution is -2.41. The van der Waals surface area contributed by atoms with E-state index in [0.717, 1.165) is 0 Å². The van der Waals surface area contributed by atoms with Crippen LogP contribution >= 0.6 is 39.1 Å². The number of hydrogen-bond donors (Lipinski definition) is 1. The normalized spacial score (nSPS) is 17.0. The van der Waals surface area contributed by atoms with E-state index in [-0.39, 0.29) is 17.9 Å². The maximum absolute atomic E-state index is 13.6. The van der Waals surface area contributed by atoms with E-state index in [1.807, 2.05) is 0 Å². The maximum Gasteiger partial charge on any atom is 0.264 e. The van der Waals surface area contributed by atoms with E-state index < -0.39 is 23.7 Å². The lowest BCUT2D eigenvalue weighted by molar-refractivity contribution is -0.136. The minimum absolute atomic E-state index is 0.103. The minimum Gasteiger partial charge on any atom is -0.497 e. The van der Waals surface area contributed by atoms with E-state index in [2.05, 4.69) is 15.9 Å². The average Bonchev–Trinajstić information content (AvgIpc) is 3.01. The zero-order valence-corrected chi connectivity index (χ0v) is 21.4. The van der Waals surface area contributed by atoms with Gasteiger partial charge in [0.2, 0.25) is 0 Å². The van der Waals surface area contributed by atoms with Crippen LogP contribution < -0.4 is 14.4 Å². The van der Waals surface area contributed by atoms with Gasteiger partial charge in [-0.3, -0.25) is 9.59 Å². The zero-order chi connectivity index (χ0) is 24.6. The molecular weight excluding hydrogens is 545 g/mol. The van der Waals surface area contributed by atoms with Crippen LogP contribution in [-0.4, -0.2) is 31.0 Å². The van der Waals surface area contributed by atoms with Gasteiger partial charge in [0.1, 0.15) is 11.5 Å². The molecule has 1 aliphatic heterocycles. The molecule has 0 aromatic heterocycles. The summed E-state index contributed by atoms with van der Waals surface area (Å²) in [5.74, 6) is -0.262. The molecule has 0 aliphatic carbocycles. The summed E-state index contributed by atoms with van der Waals surface area (Å²) in [6, 6.07) is 14.9. The van der Waals surface area contributed by atoms with Crippen LogP contribution in [0, 0.1) is 0 Å². The van der Waals surface area contributed by atoms with E-state index in [1.54, 1.807) is 54.6 Å². The van der Waals surface area contributed by atoms with Crippen LogP contribution in [0.2, 0.25) is 10.0 Å². The van der Waals surface area contributed by atoms with Crippen molar-refractivity contribution in [1.29, 1.82) is 0 Å². The standard InChI is InChI=1S/C25H20BrCl2NO5/c1-33-17-6-7-18(23(11-17)34-2)22(30)12-25(32)19-9-15(26)4-8-21(19)29(24(25)31)13-14-3-5-16(27)10-20(14)28/h3-11,32H,12-13H2,1-2H3. The quantitative estimate of drug-likeness (QED) is 0.368. The van der Waals surface area contributed by atoms with Crippen molar-refractivity contribution < 1.29 is 24.2 Å². The van der Waals surface area contributed by atoms with Crippen molar-refractivity contribution in [1.82, 2.24) is 0 Å². The first-order valence-corrected chi connectivity index (χ1v) is 11.8. The van der Waals surface area contributed by atoms with Gasteiger partial charge in [0, 0.05) is 26.1 Å². The molecule has 3 aromatic rings. The monoisotopic (exact) mass is 563 g/mol. The molecule has 0 bridgehead atoms. The van der Waals surface area contributed by atoms with Crippen LogP contribution in [0.3, 0.4) is 0 Å². The molecule has 1 atom stereocenters. The van der Waals surface area contributed by atoms with Gasteiger partial charge in [0.05, 0.1) is 38.4 Å². The van der Waals surface area contributed by atoms with Gasteiger partial charge < -0.3 is 19.5 Å². The van der Waals surface area contributed by atoms with E-state index >= 15 is 0 Å². The average molecular weight is 565 g/mol. The Hall–Kier alpha value is -2.58. The number of anilines is 1. The van der Waals surface area contributed by atoms with Crippen LogP contribution in [0.25, 0.3) is 0 Å². The Balaban J connectivity index is 1.72. The number of amides is 1. The van der Waals surface area contributed by atoms with Crippen molar-refractivity contribution >= 4 is 56.5 Å². The van der Waals surface area contributed by atoms with Crippen molar-refractivity contribution in [3.8, 4) is 11.5 Å². The summed E-state index contributed by atoms with van der Waals surface area (Å²) >= 11 is 15.7. The predicted octanol–water partition coefficient (Wildman–Crippen LogP) is 5.78. The highest BCUT2D eigenvalue weighted by atomic mass is 79.9. The number of rotatable bonds is 7. The maximum atomic E-state index is 13.6. The molecule has 0 saturated carbocycles. The topological polar surface area (TPSA) is 76.1 Å². The van der Waals surface area contributed by atoms with Gasteiger partial charge in [0.15, 0.2) is 11.4 Å². The third-order valence-corrected chi connectivity index (χ3v) is 6.84. The molecule has 1 aliphatic rings. The molecule has 1 amide bonds. The minimum atomic E-state index is -2.07. The van der Waals surface area contributed by atoms with Crippen molar-refractivity contribution in [2.45, 2.75) is 18.6 Å². The number of ketones is 1. The highest BCUT2D eigenvalue weighted by molar-refractivity contribution is 9.10. The number of carbonyl (C=O) groups is 2. The number of fused-ring (bicyclic) bond motifs is 1. The Kier molecular flexibility index (Phi) is 6.92. The van der Waals surface area contributed by atoms with Crippen LogP contribution in [0.5, 0.6) is 11.5 Å². The lowest BCUT2D eigenvalue weighted by atomic mass is 9.88. The molecule has 4 rings (SSSR count). The molecule has 34 heavy (non-hydrogen) atoms. The number of carbonyl (C=O) groups excluding carboxylic acids is 2. The zero-order valence-electron chi connectivity index (χ0n) is 18.3. The summed E-state index contributed by atoms with van der Waals surface area (Å²) in [6.07, 6.45) is -0.469. The molecule has 0 spiro atoms. The second-order valence-corrected chi connectivity index (χ2v) is 9.57. The number of hydrogen-bond acceptors (Lipinski definition) is 5. The van der Waals surface area contributed by atoms with Gasteiger partial charge in [-0.25, -0.2) is 0 Å². The van der Waals surface area contributed by atoms with E-state index in [0.29, 0.717) is 37.1 Å². The van der Waals surface area contributed by atoms with Crippen LogP contribution in [0.1, 0.15) is 27.9 Å². The second kappa shape index (κ2) is 9.58. The number of aliphatic hydroxyl groups is 1. The number of benzene rings is 3. The van der Waals surface area contributed by atoms with Crippen LogP contribution in [0.15, 0.2) is 59.1 Å². The number of Topliss-reactive ketones (excluding diaryl/α,β-unsaturated/α-hetero) is 1. The number of nitrogens with zero attached hydrogens (tertiary/aromatic N) is 1. The molecule has 1 unspecified atom stereocenters. The van der Waals surface area contributed by atoms with Crippen LogP contribution in [-0.2, 0) is 16.9 Å². The molecule has 0 radical (unpaired) electrons. The van der Waals surface area contributed by atoms with Crippen molar-refractivity contribution in [3.05, 3.63) is 85.8 Å². The largest absolute Gasteiger partial charge is 0.497 e. The number of ether oxygens (including phenoxy) is 2. The fraction of sp³-hybridized carbons (Fsp3) is 0.200. The van der Waals surface area contributed by atoms with Crippen LogP contribution in [0.4, 0.5) is 5.69 Å². The highest BCUT2D eigenvalue weighted by Gasteiger charge is 2.51. The summed E-state index contributed by atoms with van der Waals surface area (Å²) in [7, 11) is 2.94. The molecule has 3 aromatic carbocycles. The summed E-state index contributed by atoms with van der Waals surface area (Å²) < 4.78 is 11.2. The van der Waals surface area contributed by atoms with Gasteiger partial charge in [0.25, 0.3) is 5.91 Å². The molecule has 6 nitrogen and oxygen atoms in total. The highest BCUT2D eigenvalue weighted by Crippen LogP contribution is 2.45. The molecule has 0 fully saturated rings. The predicted molar refractivity (Wildman–Crippen MR) is 134 cm³/mol. The van der Waals surface area contributed by atoms with Gasteiger partial charge in [-0.05, 0) is 48.0 Å². The smallest absolute Gasteiger partial charge is 0.264 e. The number of methoxy groups -OCH3 is 2. The summed E-state index contributed by atoms with van der Waals surface area (Å²) in [4.78, 5) is 28.3. The fourth-order valence-electron chi connectivity index (χ4n) is 4.03. The first kappa shape index (κ1) is 24.5. The Morgan fingerprint density at radius 2 is 1.82 bits per heavy atom. The molecule has 1 heterocycles. The molecular formula is C25H20BrCl2NO5. The van der Waals surface area contributed by atoms with Crippen molar-refractivity contribution in [2.24, 2.45) is 0 Å². The first-order valence-electron chi connectivity index (χ1n) is 10.2. The van der Waals surface area contributed by atoms with E-state index in [4.69, 9.17) is 32.7 Å². The Morgan fingerprint density at radius 3 is 2.50 bits per heavy atom. The van der Waals surface area contributed by atoms with E-state index in [9.17, 15) is 14.7 Å². The third-order valence-electron chi connectivity index (χ3n) is 5.76. The molecule has 9 heteroatoms. The molecule has 176 valence electrons. The Labute approximate surface area is 215 Å². The van der Waals surface area contributed by atoms with Crippen molar-refractivity contribution in [3.63, 3.8) is 0 Å². The SMILES string of the molecule is COc1ccc(C(=O)CC2(O)C(=O)N(Cc3ccc(Cl)cc3Cl)c3ccc(Br)cc32)c(OC)c1. The summed E-state index contributed by atoms with van der Waals surface area (Å²) in [6.45, 7) is 0.103. The van der Waals surface area contributed by atoms with Gasteiger partial charge in [-0.15, -0.1) is 0 Å². The van der Waals surface area contributed by atoms with Gasteiger partial charge in [-0.1, -0.05) is 45.2 Å². The lowest BCUT2D eigenvalue weighted by Gasteiger charge is -2.23. The van der Waals surface area contributed by atoms with Gasteiger partial charge in [-0.2, -0.15) is 0 Å². The Bertz CT molecular complexity index is 1300. The third kappa shape index (κ3) is 4.41. The molecule has 0 saturated heterocycles.